The van der Waals surface area contributed by atoms with Gasteiger partial charge in [-0.15, -0.1) is 0 Å². The van der Waals surface area contributed by atoms with Crippen molar-refractivity contribution in [3.8, 4) is 16.9 Å². The van der Waals surface area contributed by atoms with Crippen LogP contribution in [0.3, 0.4) is 0 Å². The first-order chi connectivity index (χ1) is 14.4. The van der Waals surface area contributed by atoms with Gasteiger partial charge in [-0.05, 0) is 29.8 Å². The number of nitrogens with zero attached hydrogens (tertiary/aromatic N) is 2. The van der Waals surface area contributed by atoms with Crippen LogP contribution in [-0.4, -0.2) is 43.6 Å². The van der Waals surface area contributed by atoms with E-state index in [4.69, 9.17) is 26.8 Å². The van der Waals surface area contributed by atoms with Crippen LogP contribution >= 0.6 is 11.6 Å². The van der Waals surface area contributed by atoms with Crippen molar-refractivity contribution in [1.82, 2.24) is 4.90 Å². The number of fused-ring (bicyclic) bond motifs is 2. The minimum Gasteiger partial charge on any atom is -0.489 e. The standard InChI is InChI=1S/C21H20ClF2N3O3/c1-27(10-28)21(25)26-20-15-7-14(11-4-12(22)6-13(23)5-11)17(24)8-19(15)30-18-2-3-29-9-16(18)20/h4-8,10,16,18,20H,2-3,9H2,1H3,(H2,25,26)/t16-,18?,20?/m1/s1. The van der Waals surface area contributed by atoms with Gasteiger partial charge >= 0.3 is 0 Å². The van der Waals surface area contributed by atoms with E-state index in [1.165, 1.54) is 25.2 Å². The molecule has 0 bridgehead atoms. The molecule has 1 fully saturated rings. The van der Waals surface area contributed by atoms with Crippen molar-refractivity contribution < 1.29 is 23.0 Å². The number of benzene rings is 2. The van der Waals surface area contributed by atoms with Crippen LogP contribution in [0.1, 0.15) is 18.0 Å². The predicted molar refractivity (Wildman–Crippen MR) is 108 cm³/mol. The van der Waals surface area contributed by atoms with Crippen LogP contribution in [-0.2, 0) is 9.53 Å². The number of rotatable bonds is 3. The van der Waals surface area contributed by atoms with E-state index in [0.29, 0.717) is 42.9 Å². The lowest BCUT2D eigenvalue weighted by molar-refractivity contribution is -0.114. The quantitative estimate of drug-likeness (QED) is 0.454. The molecule has 0 radical (unpaired) electrons. The first-order valence-electron chi connectivity index (χ1n) is 9.43. The van der Waals surface area contributed by atoms with Gasteiger partial charge < -0.3 is 15.2 Å². The molecule has 2 heterocycles. The van der Waals surface area contributed by atoms with Gasteiger partial charge in [-0.25, -0.2) is 13.8 Å². The Hall–Kier alpha value is -2.71. The minimum absolute atomic E-state index is 0.0202. The molecule has 3 atom stereocenters. The maximum Gasteiger partial charge on any atom is 0.216 e. The Morgan fingerprint density at radius 3 is 2.83 bits per heavy atom. The number of halogens is 3. The average molecular weight is 436 g/mol. The third-order valence-corrected chi connectivity index (χ3v) is 5.62. The molecule has 1 amide bonds. The molecule has 9 heteroatoms. The summed E-state index contributed by atoms with van der Waals surface area (Å²) >= 11 is 5.95. The van der Waals surface area contributed by atoms with Crippen molar-refractivity contribution in [2.75, 3.05) is 20.3 Å². The molecule has 158 valence electrons. The summed E-state index contributed by atoms with van der Waals surface area (Å²) in [5.41, 5.74) is 7.02. The summed E-state index contributed by atoms with van der Waals surface area (Å²) < 4.78 is 40.4. The summed E-state index contributed by atoms with van der Waals surface area (Å²) in [4.78, 5) is 16.8. The van der Waals surface area contributed by atoms with Crippen molar-refractivity contribution in [3.63, 3.8) is 0 Å². The van der Waals surface area contributed by atoms with Crippen LogP contribution in [0, 0.1) is 17.6 Å². The molecule has 6 nitrogen and oxygen atoms in total. The number of amides is 1. The van der Waals surface area contributed by atoms with Crippen LogP contribution < -0.4 is 10.5 Å². The molecule has 2 aromatic carbocycles. The molecular formula is C21H20ClF2N3O3. The van der Waals surface area contributed by atoms with Gasteiger partial charge in [0.2, 0.25) is 6.41 Å². The highest BCUT2D eigenvalue weighted by molar-refractivity contribution is 6.30. The molecule has 2 aliphatic rings. The number of guanidine groups is 1. The van der Waals surface area contributed by atoms with Crippen molar-refractivity contribution in [2.45, 2.75) is 18.6 Å². The third-order valence-electron chi connectivity index (χ3n) is 5.40. The number of hydrogen-bond donors (Lipinski definition) is 1. The lowest BCUT2D eigenvalue weighted by Gasteiger charge is -2.40. The van der Waals surface area contributed by atoms with Crippen molar-refractivity contribution >= 4 is 24.0 Å². The number of carbonyl (C=O) groups excluding carboxylic acids is 1. The average Bonchev–Trinajstić information content (AvgIpc) is 2.71. The van der Waals surface area contributed by atoms with E-state index < -0.39 is 17.7 Å². The van der Waals surface area contributed by atoms with E-state index in [-0.39, 0.29) is 28.6 Å². The largest absolute Gasteiger partial charge is 0.489 e. The SMILES string of the molecule is CN(C=O)C(N)=NC1c2cc(-c3cc(F)cc(Cl)c3)c(F)cc2OC2CCOC[C@H]21. The van der Waals surface area contributed by atoms with Crippen LogP contribution in [0.5, 0.6) is 5.75 Å². The van der Waals surface area contributed by atoms with Gasteiger partial charge in [-0.2, -0.15) is 0 Å². The number of hydrogen-bond acceptors (Lipinski definition) is 4. The minimum atomic E-state index is -0.571. The normalized spacial score (nSPS) is 23.2. The lowest BCUT2D eigenvalue weighted by Crippen LogP contribution is -2.44. The predicted octanol–water partition coefficient (Wildman–Crippen LogP) is 3.53. The molecular weight excluding hydrogens is 416 g/mol. The summed E-state index contributed by atoms with van der Waals surface area (Å²) in [6.07, 6.45) is 0.962. The van der Waals surface area contributed by atoms with E-state index >= 15 is 0 Å². The van der Waals surface area contributed by atoms with Gasteiger partial charge in [0.1, 0.15) is 23.5 Å². The van der Waals surface area contributed by atoms with Gasteiger partial charge in [-0.1, -0.05) is 11.6 Å². The molecule has 0 aliphatic carbocycles. The fraction of sp³-hybridized carbons (Fsp3) is 0.333. The van der Waals surface area contributed by atoms with Gasteiger partial charge in [0.05, 0.1) is 19.3 Å². The molecule has 30 heavy (non-hydrogen) atoms. The van der Waals surface area contributed by atoms with Crippen LogP contribution in [0.2, 0.25) is 5.02 Å². The first-order valence-corrected chi connectivity index (χ1v) is 9.81. The summed E-state index contributed by atoms with van der Waals surface area (Å²) in [7, 11) is 1.49. The maximum absolute atomic E-state index is 14.9. The molecule has 1 saturated heterocycles. The van der Waals surface area contributed by atoms with Gasteiger partial charge in [0.15, 0.2) is 5.96 Å². The van der Waals surface area contributed by atoms with E-state index in [2.05, 4.69) is 4.99 Å². The van der Waals surface area contributed by atoms with Gasteiger partial charge in [0.25, 0.3) is 0 Å². The molecule has 2 aromatic rings. The molecule has 0 aromatic heterocycles. The van der Waals surface area contributed by atoms with Crippen molar-refractivity contribution in [3.05, 3.63) is 52.6 Å². The van der Waals surface area contributed by atoms with E-state index in [1.807, 2.05) is 0 Å². The van der Waals surface area contributed by atoms with Crippen molar-refractivity contribution in [2.24, 2.45) is 16.6 Å². The number of nitrogens with two attached hydrogens (primary N) is 1. The first kappa shape index (κ1) is 20.6. The Morgan fingerprint density at radius 2 is 2.10 bits per heavy atom. The smallest absolute Gasteiger partial charge is 0.216 e. The fourth-order valence-corrected chi connectivity index (χ4v) is 4.08. The molecule has 2 N–H and O–H groups in total. The second-order valence-corrected chi connectivity index (χ2v) is 7.80. The monoisotopic (exact) mass is 435 g/mol. The molecule has 2 aliphatic heterocycles. The van der Waals surface area contributed by atoms with Crippen molar-refractivity contribution in [1.29, 1.82) is 0 Å². The Morgan fingerprint density at radius 1 is 1.30 bits per heavy atom. The Kier molecular flexibility index (Phi) is 5.62. The zero-order valence-corrected chi connectivity index (χ0v) is 16.9. The second-order valence-electron chi connectivity index (χ2n) is 7.36. The zero-order valence-electron chi connectivity index (χ0n) is 16.1. The van der Waals surface area contributed by atoms with Gasteiger partial charge in [-0.3, -0.25) is 9.69 Å². The van der Waals surface area contributed by atoms with E-state index in [0.717, 1.165) is 11.0 Å². The molecule has 0 saturated carbocycles. The molecule has 2 unspecified atom stereocenters. The zero-order chi connectivity index (χ0) is 21.4. The highest BCUT2D eigenvalue weighted by Crippen LogP contribution is 2.46. The Bertz CT molecular complexity index is 997. The topological polar surface area (TPSA) is 77.2 Å². The summed E-state index contributed by atoms with van der Waals surface area (Å²) in [6, 6.07) is 6.17. The number of carbonyl (C=O) groups is 1. The lowest BCUT2D eigenvalue weighted by atomic mass is 9.83. The van der Waals surface area contributed by atoms with E-state index in [1.54, 1.807) is 6.07 Å². The number of aliphatic imine (C=N–C) groups is 1. The molecule has 4 rings (SSSR count). The summed E-state index contributed by atoms with van der Waals surface area (Å²) in [5.74, 6) is -0.942. The third kappa shape index (κ3) is 3.85. The summed E-state index contributed by atoms with van der Waals surface area (Å²) in [6.45, 7) is 0.911. The second kappa shape index (κ2) is 8.20. The Labute approximate surface area is 177 Å². The van der Waals surface area contributed by atoms with Crippen LogP contribution in [0.15, 0.2) is 35.3 Å². The van der Waals surface area contributed by atoms with E-state index in [9.17, 15) is 13.6 Å². The fourth-order valence-electron chi connectivity index (χ4n) is 3.86. The summed E-state index contributed by atoms with van der Waals surface area (Å²) in [5, 5.41) is 0.158. The van der Waals surface area contributed by atoms with Crippen LogP contribution in [0.4, 0.5) is 8.78 Å². The highest BCUT2D eigenvalue weighted by Gasteiger charge is 2.41. The Balaban J connectivity index is 1.86. The maximum atomic E-state index is 14.9. The van der Waals surface area contributed by atoms with Gasteiger partial charge in [0, 0.05) is 41.6 Å². The highest BCUT2D eigenvalue weighted by atomic mass is 35.5. The number of ether oxygens (including phenoxy) is 2. The molecule has 0 spiro atoms. The van der Waals surface area contributed by atoms with Crippen LogP contribution in [0.25, 0.3) is 11.1 Å².